The summed E-state index contributed by atoms with van der Waals surface area (Å²) in [6.07, 6.45) is 2.64. The van der Waals surface area contributed by atoms with Gasteiger partial charge in [-0.05, 0) is 19.4 Å². The summed E-state index contributed by atoms with van der Waals surface area (Å²) in [5.74, 6) is 0.137. The molecule has 14 heavy (non-hydrogen) atoms. The van der Waals surface area contributed by atoms with Crippen molar-refractivity contribution in [3.8, 4) is 0 Å². The van der Waals surface area contributed by atoms with Gasteiger partial charge in [0.05, 0.1) is 0 Å². The van der Waals surface area contributed by atoms with Gasteiger partial charge in [-0.2, -0.15) is 0 Å². The van der Waals surface area contributed by atoms with Crippen molar-refractivity contribution in [2.24, 2.45) is 0 Å². The van der Waals surface area contributed by atoms with Gasteiger partial charge in [-0.3, -0.25) is 4.79 Å². The highest BCUT2D eigenvalue weighted by atomic mass is 16.1. The lowest BCUT2D eigenvalue weighted by Crippen LogP contribution is -1.93. The van der Waals surface area contributed by atoms with Gasteiger partial charge in [0.15, 0.2) is 5.78 Å². The quantitative estimate of drug-likeness (QED) is 0.647. The normalized spacial score (nSPS) is 8.86. The molecule has 1 aromatic rings. The Morgan fingerprint density at radius 2 is 1.64 bits per heavy atom. The van der Waals surface area contributed by atoms with Crippen molar-refractivity contribution in [1.82, 2.24) is 0 Å². The summed E-state index contributed by atoms with van der Waals surface area (Å²) < 4.78 is 0. The molecule has 0 aliphatic heterocycles. The number of carbonyl (C=O) groups is 1. The maximum absolute atomic E-state index is 10.9. The van der Waals surface area contributed by atoms with Crippen LogP contribution < -0.4 is 0 Å². The Balaban J connectivity index is 0.000000364. The lowest BCUT2D eigenvalue weighted by molar-refractivity contribution is 0.101. The number of carbonyl (C=O) groups excluding carboxylic acids is 1. The van der Waals surface area contributed by atoms with Gasteiger partial charge < -0.3 is 0 Å². The smallest absolute Gasteiger partial charge is 0.160 e. The van der Waals surface area contributed by atoms with Crippen molar-refractivity contribution in [2.75, 3.05) is 0 Å². The average molecular weight is 192 g/mol. The fourth-order valence-corrected chi connectivity index (χ4v) is 0.968. The topological polar surface area (TPSA) is 17.1 Å². The minimum atomic E-state index is 0.137. The second-order valence-corrected chi connectivity index (χ2v) is 3.37. The number of ketones is 1. The minimum Gasteiger partial charge on any atom is -0.295 e. The number of hydrogen-bond acceptors (Lipinski definition) is 1. The fourth-order valence-electron chi connectivity index (χ4n) is 0.968. The average Bonchev–Trinajstić information content (AvgIpc) is 2.18. The van der Waals surface area contributed by atoms with E-state index >= 15 is 0 Å². The Hall–Kier alpha value is -1.11. The summed E-state index contributed by atoms with van der Waals surface area (Å²) in [6, 6.07) is 7.60. The largest absolute Gasteiger partial charge is 0.295 e. The van der Waals surface area contributed by atoms with Crippen molar-refractivity contribution in [2.45, 2.75) is 40.5 Å². The van der Waals surface area contributed by atoms with Crippen LogP contribution in [0.5, 0.6) is 0 Å². The summed E-state index contributed by atoms with van der Waals surface area (Å²) >= 11 is 0. The van der Waals surface area contributed by atoms with Crippen LogP contribution in [0.4, 0.5) is 0 Å². The molecule has 0 aromatic heterocycles. The number of benzene rings is 1. The van der Waals surface area contributed by atoms with Crippen molar-refractivity contribution in [3.63, 3.8) is 0 Å². The molecule has 0 unspecified atom stereocenters. The SMILES string of the molecule is CC(=O)c1ccccc1C.CCCC. The first-order valence-corrected chi connectivity index (χ1v) is 5.20. The van der Waals surface area contributed by atoms with Crippen LogP contribution in [-0.2, 0) is 0 Å². The van der Waals surface area contributed by atoms with Gasteiger partial charge in [-0.1, -0.05) is 51.0 Å². The molecule has 0 N–H and O–H groups in total. The Bertz CT molecular complexity index is 274. The first kappa shape index (κ1) is 12.9. The molecule has 0 bridgehead atoms. The second-order valence-electron chi connectivity index (χ2n) is 3.37. The van der Waals surface area contributed by atoms with Gasteiger partial charge in [0.1, 0.15) is 0 Å². The van der Waals surface area contributed by atoms with Crippen molar-refractivity contribution < 1.29 is 4.79 Å². The maximum Gasteiger partial charge on any atom is 0.160 e. The third kappa shape index (κ3) is 4.80. The lowest BCUT2D eigenvalue weighted by atomic mass is 10.1. The fraction of sp³-hybridized carbons (Fsp3) is 0.462. The summed E-state index contributed by atoms with van der Waals surface area (Å²) in [4.78, 5) is 10.9. The molecule has 0 amide bonds. The molecule has 78 valence electrons. The molecule has 0 fully saturated rings. The zero-order chi connectivity index (χ0) is 11.0. The van der Waals surface area contributed by atoms with Crippen molar-refractivity contribution in [1.29, 1.82) is 0 Å². The molecule has 0 saturated heterocycles. The molecule has 0 aliphatic carbocycles. The molecule has 1 nitrogen and oxygen atoms in total. The number of unbranched alkanes of at least 4 members (excludes halogenated alkanes) is 1. The Labute approximate surface area is 87.2 Å². The predicted octanol–water partition coefficient (Wildman–Crippen LogP) is 4.00. The first-order chi connectivity index (χ1) is 6.63. The number of aryl methyl sites for hydroxylation is 1. The number of Topliss-reactive ketones (excluding diaryl/α,β-unsaturated/α-hetero) is 1. The van der Waals surface area contributed by atoms with Gasteiger partial charge in [0, 0.05) is 5.56 Å². The molecular formula is C13H20O. The van der Waals surface area contributed by atoms with E-state index in [-0.39, 0.29) is 5.78 Å². The van der Waals surface area contributed by atoms with Gasteiger partial charge in [-0.25, -0.2) is 0 Å². The van der Waals surface area contributed by atoms with Crippen LogP contribution in [-0.4, -0.2) is 5.78 Å². The molecule has 0 atom stereocenters. The summed E-state index contributed by atoms with van der Waals surface area (Å²) in [5, 5.41) is 0. The molecule has 0 spiro atoms. The molecule has 1 heteroatoms. The van der Waals surface area contributed by atoms with Crippen LogP contribution in [0.2, 0.25) is 0 Å². The third-order valence-electron chi connectivity index (χ3n) is 2.02. The van der Waals surface area contributed by atoms with E-state index in [1.165, 1.54) is 12.8 Å². The van der Waals surface area contributed by atoms with Gasteiger partial charge in [0.25, 0.3) is 0 Å². The highest BCUT2D eigenvalue weighted by Gasteiger charge is 1.99. The molecule has 0 aliphatic rings. The highest BCUT2D eigenvalue weighted by molar-refractivity contribution is 5.95. The molecular weight excluding hydrogens is 172 g/mol. The summed E-state index contributed by atoms with van der Waals surface area (Å²) in [5.41, 5.74) is 1.87. The molecule has 1 rings (SSSR count). The third-order valence-corrected chi connectivity index (χ3v) is 2.02. The minimum absolute atomic E-state index is 0.137. The van der Waals surface area contributed by atoms with E-state index in [4.69, 9.17) is 0 Å². The highest BCUT2D eigenvalue weighted by Crippen LogP contribution is 2.06. The van der Waals surface area contributed by atoms with E-state index in [9.17, 15) is 4.79 Å². The lowest BCUT2D eigenvalue weighted by Gasteiger charge is -1.97. The standard InChI is InChI=1S/C9H10O.C4H10/c1-7-5-3-4-6-9(7)8(2)10;1-3-4-2/h3-6H,1-2H3;3-4H2,1-2H3. The van der Waals surface area contributed by atoms with Crippen LogP contribution in [0, 0.1) is 6.92 Å². The van der Waals surface area contributed by atoms with E-state index < -0.39 is 0 Å². The van der Waals surface area contributed by atoms with Crippen LogP contribution in [0.25, 0.3) is 0 Å². The van der Waals surface area contributed by atoms with E-state index in [1.54, 1.807) is 6.92 Å². The van der Waals surface area contributed by atoms with E-state index in [2.05, 4.69) is 13.8 Å². The van der Waals surface area contributed by atoms with Crippen molar-refractivity contribution in [3.05, 3.63) is 35.4 Å². The van der Waals surface area contributed by atoms with E-state index in [1.807, 2.05) is 31.2 Å². The van der Waals surface area contributed by atoms with Crippen LogP contribution in [0.15, 0.2) is 24.3 Å². The summed E-state index contributed by atoms with van der Waals surface area (Å²) in [7, 11) is 0. The molecule has 1 aromatic carbocycles. The Morgan fingerprint density at radius 1 is 1.14 bits per heavy atom. The second kappa shape index (κ2) is 7.31. The Morgan fingerprint density at radius 3 is 1.93 bits per heavy atom. The first-order valence-electron chi connectivity index (χ1n) is 5.20. The van der Waals surface area contributed by atoms with Crippen LogP contribution in [0.1, 0.15) is 49.5 Å². The molecule has 0 heterocycles. The van der Waals surface area contributed by atoms with Gasteiger partial charge >= 0.3 is 0 Å². The zero-order valence-corrected chi connectivity index (χ0v) is 9.63. The Kier molecular flexibility index (Phi) is 6.73. The van der Waals surface area contributed by atoms with Gasteiger partial charge in [-0.15, -0.1) is 0 Å². The van der Waals surface area contributed by atoms with Gasteiger partial charge in [0.2, 0.25) is 0 Å². The van der Waals surface area contributed by atoms with Crippen LogP contribution >= 0.6 is 0 Å². The maximum atomic E-state index is 10.9. The zero-order valence-electron chi connectivity index (χ0n) is 9.63. The van der Waals surface area contributed by atoms with E-state index in [0.717, 1.165) is 11.1 Å². The number of rotatable bonds is 2. The summed E-state index contributed by atoms with van der Waals surface area (Å²) in [6.45, 7) is 7.89. The molecule has 0 radical (unpaired) electrons. The van der Waals surface area contributed by atoms with Crippen molar-refractivity contribution >= 4 is 5.78 Å². The van der Waals surface area contributed by atoms with Crippen LogP contribution in [0.3, 0.4) is 0 Å². The van der Waals surface area contributed by atoms with E-state index in [0.29, 0.717) is 0 Å². The monoisotopic (exact) mass is 192 g/mol. The number of hydrogen-bond donors (Lipinski definition) is 0. The molecule has 0 saturated carbocycles. The predicted molar refractivity (Wildman–Crippen MR) is 61.8 cm³/mol.